The van der Waals surface area contributed by atoms with E-state index >= 15 is 0 Å². The largest absolute Gasteiger partial charge is 0.549 e. The molecule has 0 amide bonds. The quantitative estimate of drug-likeness (QED) is 0.126. The zero-order valence-electron chi connectivity index (χ0n) is 25.2. The first-order valence-electron chi connectivity index (χ1n) is 14.3. The second kappa shape index (κ2) is 18.6. The van der Waals surface area contributed by atoms with E-state index in [1.54, 1.807) is 12.1 Å². The molecule has 0 spiro atoms. The Morgan fingerprint density at radius 3 is 1.20 bits per heavy atom. The van der Waals surface area contributed by atoms with Gasteiger partial charge in [-0.05, 0) is 68.6 Å². The van der Waals surface area contributed by atoms with Crippen LogP contribution in [-0.2, 0) is 45.4 Å². The summed E-state index contributed by atoms with van der Waals surface area (Å²) in [5.74, 6) is -5.67. The Morgan fingerprint density at radius 1 is 0.568 bits per heavy atom. The predicted octanol–water partition coefficient (Wildman–Crippen LogP) is -3.75. The topological polar surface area (TPSA) is 216 Å². The maximum atomic E-state index is 11.1. The number of nitrogens with zero attached hydrogens (tertiary/aromatic N) is 5. The van der Waals surface area contributed by atoms with Crippen molar-refractivity contribution in [3.63, 3.8) is 0 Å². The van der Waals surface area contributed by atoms with Gasteiger partial charge in [-0.2, -0.15) is 0 Å². The van der Waals surface area contributed by atoms with Crippen LogP contribution in [0.15, 0.2) is 24.3 Å². The van der Waals surface area contributed by atoms with E-state index in [0.717, 1.165) is 40.2 Å². The van der Waals surface area contributed by atoms with Gasteiger partial charge in [0.1, 0.15) is 0 Å². The predicted molar refractivity (Wildman–Crippen MR) is 148 cm³/mol. The lowest BCUT2D eigenvalue weighted by atomic mass is 10.1. The van der Waals surface area contributed by atoms with Gasteiger partial charge in [-0.25, -0.2) is 0 Å². The van der Waals surface area contributed by atoms with Gasteiger partial charge in [0.05, 0.1) is 46.7 Å². The summed E-state index contributed by atoms with van der Waals surface area (Å²) in [5, 5.41) is 53.6. The molecule has 0 aromatic carbocycles. The first kappa shape index (κ1) is 36.2. The van der Waals surface area contributed by atoms with Crippen molar-refractivity contribution in [3.05, 3.63) is 58.2 Å². The number of carbonyl (C=O) groups is 4. The van der Waals surface area contributed by atoms with Crippen LogP contribution in [0.5, 0.6) is 0 Å². The number of aryl methyl sites for hydroxylation is 2. The number of carbonyl (C=O) groups excluding carboxylic acids is 4. The van der Waals surface area contributed by atoms with E-state index in [1.807, 2.05) is 26.0 Å². The minimum atomic E-state index is -1.42. The lowest BCUT2D eigenvalue weighted by molar-refractivity contribution is -0.313. The van der Waals surface area contributed by atoms with E-state index in [9.17, 15) is 39.6 Å². The minimum Gasteiger partial charge on any atom is -0.549 e. The third-order valence-electron chi connectivity index (χ3n) is 6.49. The Morgan fingerprint density at radius 2 is 0.886 bits per heavy atom. The Labute approximate surface area is 256 Å². The molecule has 0 saturated carbocycles. The average molecular weight is 614 g/mol. The van der Waals surface area contributed by atoms with E-state index in [0.29, 0.717) is 48.8 Å². The van der Waals surface area contributed by atoms with Gasteiger partial charge < -0.3 is 44.7 Å². The number of aliphatic carboxylic acids is 4. The highest BCUT2D eigenvalue weighted by Crippen LogP contribution is 2.16. The van der Waals surface area contributed by atoms with Crippen LogP contribution in [0.1, 0.15) is 59.6 Å². The number of hydrogen-bond acceptors (Lipinski definition) is 14. The number of carboxylic acid groups (broad SMARTS) is 4. The first-order valence-corrected chi connectivity index (χ1v) is 14.3. The van der Waals surface area contributed by atoms with Crippen molar-refractivity contribution in [1.82, 2.24) is 24.7 Å². The molecule has 0 saturated heterocycles. The SMILES string of the molecule is Cc1cc(CN(CC(=O)[O-])CC(=O)[O-])nc(CN(CCCCCCO)Cc2cc(C)cc(CN(CC(=O)[O-])CC(=O)[O-])n2)c1. The highest BCUT2D eigenvalue weighted by molar-refractivity contribution is 5.70. The molecular weight excluding hydrogens is 574 g/mol. The molecule has 0 aliphatic carbocycles. The first-order chi connectivity index (χ1) is 20.8. The number of pyridine rings is 2. The third kappa shape index (κ3) is 15.0. The second-order valence-electron chi connectivity index (χ2n) is 10.9. The molecule has 1 N–H and O–H groups in total. The second-order valence-corrected chi connectivity index (χ2v) is 10.9. The number of aliphatic hydroxyl groups is 1. The molecule has 44 heavy (non-hydrogen) atoms. The van der Waals surface area contributed by atoms with Crippen molar-refractivity contribution < 1.29 is 44.7 Å². The normalized spacial score (nSPS) is 11.4. The molecule has 2 aromatic heterocycles. The molecule has 0 radical (unpaired) electrons. The molecule has 0 bridgehead atoms. The summed E-state index contributed by atoms with van der Waals surface area (Å²) >= 11 is 0. The van der Waals surface area contributed by atoms with Crippen molar-refractivity contribution in [3.8, 4) is 0 Å². The van der Waals surface area contributed by atoms with Crippen LogP contribution in [0.3, 0.4) is 0 Å². The molecule has 0 aliphatic rings. The van der Waals surface area contributed by atoms with Crippen molar-refractivity contribution >= 4 is 23.9 Å². The molecule has 0 atom stereocenters. The van der Waals surface area contributed by atoms with Crippen molar-refractivity contribution in [2.45, 2.75) is 65.7 Å². The monoisotopic (exact) mass is 613 g/mol. The van der Waals surface area contributed by atoms with Gasteiger partial charge in [0, 0.05) is 59.0 Å². The van der Waals surface area contributed by atoms with Gasteiger partial charge in [0.15, 0.2) is 0 Å². The van der Waals surface area contributed by atoms with E-state index in [1.165, 1.54) is 0 Å². The molecule has 14 heteroatoms. The Kier molecular flexibility index (Phi) is 15.3. The van der Waals surface area contributed by atoms with Crippen molar-refractivity contribution in [1.29, 1.82) is 0 Å². The minimum absolute atomic E-state index is 0.0329. The fourth-order valence-electron chi connectivity index (χ4n) is 4.95. The fourth-order valence-corrected chi connectivity index (χ4v) is 4.95. The van der Waals surface area contributed by atoms with Crippen LogP contribution in [-0.4, -0.2) is 93.0 Å². The molecule has 2 rings (SSSR count). The third-order valence-corrected chi connectivity index (χ3v) is 6.49. The van der Waals surface area contributed by atoms with Gasteiger partial charge in [-0.1, -0.05) is 12.8 Å². The van der Waals surface area contributed by atoms with Crippen molar-refractivity contribution in [2.75, 3.05) is 39.3 Å². The number of rotatable bonds is 22. The standard InChI is InChI=1S/C30H43N5O9/c1-21-9-23(31-25(11-21)15-34(17-27(37)38)18-28(39)40)13-33(7-5-3-4-6-8-36)14-24-10-22(2)12-26(32-24)16-35(19-29(41)42)20-30(43)44/h9-12,36H,3-8,13-20H2,1-2H3,(H,37,38)(H,39,40)(H,41,42)(H,43,44)/p-4. The average Bonchev–Trinajstić information content (AvgIpc) is 2.86. The van der Waals surface area contributed by atoms with E-state index < -0.39 is 50.1 Å². The van der Waals surface area contributed by atoms with Gasteiger partial charge >= 0.3 is 0 Å². The summed E-state index contributed by atoms with van der Waals surface area (Å²) in [7, 11) is 0. The van der Waals surface area contributed by atoms with Crippen LogP contribution in [0.2, 0.25) is 0 Å². The lowest BCUT2D eigenvalue weighted by Crippen LogP contribution is -2.43. The van der Waals surface area contributed by atoms with Crippen LogP contribution in [0.25, 0.3) is 0 Å². The van der Waals surface area contributed by atoms with E-state index in [4.69, 9.17) is 5.11 Å². The maximum absolute atomic E-state index is 11.1. The number of aliphatic hydroxyl groups excluding tert-OH is 1. The number of hydrogen-bond donors (Lipinski definition) is 1. The highest BCUT2D eigenvalue weighted by Gasteiger charge is 2.15. The number of aromatic nitrogens is 2. The van der Waals surface area contributed by atoms with Gasteiger partial charge in [0.25, 0.3) is 0 Å². The number of carboxylic acids is 4. The Hall–Kier alpha value is -3.98. The van der Waals surface area contributed by atoms with E-state index in [2.05, 4.69) is 14.9 Å². The maximum Gasteiger partial charge on any atom is 0.0555 e. The van der Waals surface area contributed by atoms with E-state index in [-0.39, 0.29) is 19.7 Å². The molecule has 0 aliphatic heterocycles. The molecule has 242 valence electrons. The molecular formula is C30H39N5O9-4. The summed E-state index contributed by atoms with van der Waals surface area (Å²) in [6, 6.07) is 7.27. The van der Waals surface area contributed by atoms with Crippen LogP contribution in [0.4, 0.5) is 0 Å². The molecule has 0 fully saturated rings. The number of unbranched alkanes of at least 4 members (excludes halogenated alkanes) is 3. The smallest absolute Gasteiger partial charge is 0.0555 e. The Bertz CT molecular complexity index is 1150. The lowest BCUT2D eigenvalue weighted by Gasteiger charge is -2.25. The van der Waals surface area contributed by atoms with Crippen LogP contribution < -0.4 is 20.4 Å². The van der Waals surface area contributed by atoms with Gasteiger partial charge in [-0.15, -0.1) is 0 Å². The molecule has 0 unspecified atom stereocenters. The van der Waals surface area contributed by atoms with Crippen LogP contribution in [0, 0.1) is 13.8 Å². The van der Waals surface area contributed by atoms with Gasteiger partial charge in [-0.3, -0.25) is 24.7 Å². The summed E-state index contributed by atoms with van der Waals surface area (Å²) in [5.41, 5.74) is 4.04. The fraction of sp³-hybridized carbons (Fsp3) is 0.533. The summed E-state index contributed by atoms with van der Waals surface area (Å²) in [6.45, 7) is 2.83. The summed E-state index contributed by atoms with van der Waals surface area (Å²) in [6.07, 6.45) is 3.28. The molecule has 2 aromatic rings. The molecule has 14 nitrogen and oxygen atoms in total. The zero-order valence-corrected chi connectivity index (χ0v) is 25.2. The van der Waals surface area contributed by atoms with Crippen LogP contribution >= 0.6 is 0 Å². The molecule has 2 heterocycles. The summed E-state index contributed by atoms with van der Waals surface area (Å²) < 4.78 is 0. The van der Waals surface area contributed by atoms with Gasteiger partial charge in [0.2, 0.25) is 0 Å². The summed E-state index contributed by atoms with van der Waals surface area (Å²) in [4.78, 5) is 58.3. The van der Waals surface area contributed by atoms with Crippen molar-refractivity contribution in [2.24, 2.45) is 0 Å². The zero-order chi connectivity index (χ0) is 32.6. The Balaban J connectivity index is 2.29. The highest BCUT2D eigenvalue weighted by atomic mass is 16.4.